The van der Waals surface area contributed by atoms with Crippen LogP contribution in [0, 0.1) is 0 Å². The molecule has 0 fully saturated rings. The summed E-state index contributed by atoms with van der Waals surface area (Å²) in [4.78, 5) is 14.4. The number of nitrogens with zero attached hydrogens (tertiary/aromatic N) is 1. The number of alkyl halides is 3. The van der Waals surface area contributed by atoms with Gasteiger partial charge >= 0.3 is 6.18 Å². The summed E-state index contributed by atoms with van der Waals surface area (Å²) >= 11 is 0. The molecule has 3 N–H and O–H groups in total. The highest BCUT2D eigenvalue weighted by atomic mass is 19.4. The molecule has 2 aromatic carbocycles. The summed E-state index contributed by atoms with van der Waals surface area (Å²) < 4.78 is 40.9. The summed E-state index contributed by atoms with van der Waals surface area (Å²) in [5, 5.41) is 8.48. The van der Waals surface area contributed by atoms with Gasteiger partial charge in [0.25, 0.3) is 5.91 Å². The highest BCUT2D eigenvalue weighted by molar-refractivity contribution is 6.31. The van der Waals surface area contributed by atoms with E-state index in [1.165, 1.54) is 12.3 Å². The SMILES string of the molecule is CCN(CC)CCCNc1ccc(NC=C2C(=O)Nc3ccccc32)cc1C(F)(F)F. The first kappa shape index (κ1) is 22.7. The molecule has 0 aliphatic carbocycles. The zero-order valence-corrected chi connectivity index (χ0v) is 17.6. The Labute approximate surface area is 180 Å². The van der Waals surface area contributed by atoms with Crippen LogP contribution in [-0.2, 0) is 11.0 Å². The largest absolute Gasteiger partial charge is 0.418 e. The summed E-state index contributed by atoms with van der Waals surface area (Å²) in [7, 11) is 0. The topological polar surface area (TPSA) is 56.4 Å². The van der Waals surface area contributed by atoms with Crippen LogP contribution in [0.4, 0.5) is 30.2 Å². The van der Waals surface area contributed by atoms with Crippen LogP contribution in [-0.4, -0.2) is 37.0 Å². The molecule has 0 aromatic heterocycles. The van der Waals surface area contributed by atoms with Gasteiger partial charge in [-0.05, 0) is 50.3 Å². The summed E-state index contributed by atoms with van der Waals surface area (Å²) in [6.07, 6.45) is -2.31. The molecule has 166 valence electrons. The van der Waals surface area contributed by atoms with Gasteiger partial charge in [-0.25, -0.2) is 0 Å². The monoisotopic (exact) mass is 432 g/mol. The lowest BCUT2D eigenvalue weighted by atomic mass is 10.1. The summed E-state index contributed by atoms with van der Waals surface area (Å²) in [5.41, 5.74) is 1.33. The van der Waals surface area contributed by atoms with Crippen molar-refractivity contribution in [3.8, 4) is 0 Å². The number of benzene rings is 2. The molecule has 0 saturated carbocycles. The van der Waals surface area contributed by atoms with E-state index in [1.54, 1.807) is 30.3 Å². The van der Waals surface area contributed by atoms with Gasteiger partial charge in [-0.15, -0.1) is 0 Å². The number of carbonyl (C=O) groups excluding carboxylic acids is 1. The van der Waals surface area contributed by atoms with Crippen LogP contribution < -0.4 is 16.0 Å². The molecule has 0 bridgehead atoms. The fourth-order valence-electron chi connectivity index (χ4n) is 3.53. The standard InChI is InChI=1S/C23H27F3N4O/c1-3-30(4-2)13-7-12-27-21-11-10-16(14-19(21)23(24,25)26)28-15-18-17-8-5-6-9-20(17)29-22(18)31/h5-6,8-11,14-15,27-28H,3-4,7,12-13H2,1-2H3,(H,29,31). The first-order valence-corrected chi connectivity index (χ1v) is 10.4. The van der Waals surface area contributed by atoms with E-state index in [-0.39, 0.29) is 17.3 Å². The Morgan fingerprint density at radius 3 is 2.55 bits per heavy atom. The number of carbonyl (C=O) groups is 1. The number of halogens is 3. The van der Waals surface area contributed by atoms with Crippen molar-refractivity contribution in [1.29, 1.82) is 0 Å². The Balaban J connectivity index is 1.72. The molecule has 0 unspecified atom stereocenters. The molecular weight excluding hydrogens is 405 g/mol. The molecular formula is C23H27F3N4O. The number of amides is 1. The van der Waals surface area contributed by atoms with E-state index in [2.05, 4.69) is 34.7 Å². The Bertz CT molecular complexity index is 952. The van der Waals surface area contributed by atoms with Crippen LogP contribution in [0.2, 0.25) is 0 Å². The Kier molecular flexibility index (Phi) is 7.22. The maximum absolute atomic E-state index is 13.6. The van der Waals surface area contributed by atoms with E-state index in [9.17, 15) is 18.0 Å². The smallest absolute Gasteiger partial charge is 0.385 e. The van der Waals surface area contributed by atoms with Gasteiger partial charge in [0.1, 0.15) is 0 Å². The minimum absolute atomic E-state index is 0.0502. The number of rotatable bonds is 9. The van der Waals surface area contributed by atoms with Crippen molar-refractivity contribution in [2.24, 2.45) is 0 Å². The van der Waals surface area contributed by atoms with Crippen molar-refractivity contribution in [2.45, 2.75) is 26.4 Å². The minimum Gasteiger partial charge on any atom is -0.385 e. The zero-order chi connectivity index (χ0) is 22.4. The molecule has 0 atom stereocenters. The number of fused-ring (bicyclic) bond motifs is 1. The number of hydrogen-bond donors (Lipinski definition) is 3. The molecule has 2 aromatic rings. The van der Waals surface area contributed by atoms with Gasteiger partial charge in [0.15, 0.2) is 0 Å². The number of anilines is 3. The van der Waals surface area contributed by atoms with E-state index >= 15 is 0 Å². The lowest BCUT2D eigenvalue weighted by Gasteiger charge is -2.19. The van der Waals surface area contributed by atoms with Crippen molar-refractivity contribution < 1.29 is 18.0 Å². The zero-order valence-electron chi connectivity index (χ0n) is 17.6. The molecule has 8 heteroatoms. The molecule has 0 spiro atoms. The van der Waals surface area contributed by atoms with Crippen LogP contribution in [0.5, 0.6) is 0 Å². The number of nitrogens with one attached hydrogen (secondary N) is 3. The lowest BCUT2D eigenvalue weighted by molar-refractivity contribution is -0.136. The predicted molar refractivity (Wildman–Crippen MR) is 119 cm³/mol. The van der Waals surface area contributed by atoms with Crippen LogP contribution in [0.1, 0.15) is 31.4 Å². The van der Waals surface area contributed by atoms with E-state index < -0.39 is 11.7 Å². The molecule has 0 radical (unpaired) electrons. The number of hydrogen-bond acceptors (Lipinski definition) is 4. The second-order valence-electron chi connectivity index (χ2n) is 7.27. The van der Waals surface area contributed by atoms with Crippen LogP contribution >= 0.6 is 0 Å². The molecule has 5 nitrogen and oxygen atoms in total. The highest BCUT2D eigenvalue weighted by Gasteiger charge is 2.34. The lowest BCUT2D eigenvalue weighted by Crippen LogP contribution is -2.25. The second-order valence-corrected chi connectivity index (χ2v) is 7.27. The fraction of sp³-hybridized carbons (Fsp3) is 0.348. The van der Waals surface area contributed by atoms with Gasteiger partial charge in [-0.3, -0.25) is 4.79 Å². The van der Waals surface area contributed by atoms with Crippen LogP contribution in [0.3, 0.4) is 0 Å². The van der Waals surface area contributed by atoms with Gasteiger partial charge in [0, 0.05) is 35.4 Å². The van der Waals surface area contributed by atoms with Crippen molar-refractivity contribution in [3.05, 3.63) is 59.8 Å². The molecule has 1 aliphatic rings. The third kappa shape index (κ3) is 5.58. The third-order valence-electron chi connectivity index (χ3n) is 5.28. The Hall–Kier alpha value is -3.00. The summed E-state index contributed by atoms with van der Waals surface area (Å²) in [5.74, 6) is -0.295. The van der Waals surface area contributed by atoms with Gasteiger partial charge in [-0.2, -0.15) is 13.2 Å². The summed E-state index contributed by atoms with van der Waals surface area (Å²) in [6.45, 7) is 7.25. The maximum atomic E-state index is 13.6. The van der Waals surface area contributed by atoms with Gasteiger partial charge in [0.2, 0.25) is 0 Å². The van der Waals surface area contributed by atoms with E-state index in [1.807, 2.05) is 0 Å². The summed E-state index contributed by atoms with van der Waals surface area (Å²) in [6, 6.07) is 11.2. The Morgan fingerprint density at radius 1 is 1.10 bits per heavy atom. The fourth-order valence-corrected chi connectivity index (χ4v) is 3.53. The average molecular weight is 432 g/mol. The minimum atomic E-state index is -4.50. The van der Waals surface area contributed by atoms with Crippen LogP contribution in [0.25, 0.3) is 5.57 Å². The van der Waals surface area contributed by atoms with Gasteiger partial charge in [0.05, 0.1) is 11.1 Å². The van der Waals surface area contributed by atoms with Crippen molar-refractivity contribution >= 4 is 28.5 Å². The van der Waals surface area contributed by atoms with Crippen molar-refractivity contribution in [3.63, 3.8) is 0 Å². The quantitative estimate of drug-likeness (QED) is 0.374. The number of para-hydroxylation sites is 1. The van der Waals surface area contributed by atoms with E-state index in [0.717, 1.165) is 32.1 Å². The average Bonchev–Trinajstić information content (AvgIpc) is 3.07. The van der Waals surface area contributed by atoms with E-state index in [0.29, 0.717) is 23.4 Å². The molecule has 31 heavy (non-hydrogen) atoms. The van der Waals surface area contributed by atoms with Gasteiger partial charge < -0.3 is 20.9 Å². The first-order chi connectivity index (χ1) is 14.8. The van der Waals surface area contributed by atoms with Crippen LogP contribution in [0.15, 0.2) is 48.7 Å². The first-order valence-electron chi connectivity index (χ1n) is 10.4. The normalized spacial score (nSPS) is 14.6. The molecule has 1 amide bonds. The van der Waals surface area contributed by atoms with Crippen molar-refractivity contribution in [2.75, 3.05) is 42.1 Å². The second kappa shape index (κ2) is 9.87. The maximum Gasteiger partial charge on any atom is 0.418 e. The molecule has 0 saturated heterocycles. The Morgan fingerprint density at radius 2 is 1.84 bits per heavy atom. The van der Waals surface area contributed by atoms with Crippen molar-refractivity contribution in [1.82, 2.24) is 4.90 Å². The van der Waals surface area contributed by atoms with Gasteiger partial charge in [-0.1, -0.05) is 32.0 Å². The molecule has 3 rings (SSSR count). The molecule has 1 heterocycles. The van der Waals surface area contributed by atoms with E-state index in [4.69, 9.17) is 0 Å². The molecule has 1 aliphatic heterocycles. The third-order valence-corrected chi connectivity index (χ3v) is 5.28. The highest BCUT2D eigenvalue weighted by Crippen LogP contribution is 2.37. The predicted octanol–water partition coefficient (Wildman–Crippen LogP) is 5.25.